The van der Waals surface area contributed by atoms with E-state index in [9.17, 15) is 61.9 Å². The van der Waals surface area contributed by atoms with Crippen LogP contribution in [0.1, 0.15) is 50.2 Å². The SMILES string of the molecule is NC(=O)c1c(F)cc(C(=O)N2CC[C@@]3(S(=O)(=O)c4ccc(F)cc4)c4ccc(C(F)(C(F)(F)F)C(F)(F)F)cc4CC[C@@H]23)cc1F. The molecular weight excluding hydrogens is 662 g/mol. The third kappa shape index (κ3) is 4.72. The fraction of sp³-hybridized carbons (Fsp3) is 0.310. The minimum Gasteiger partial charge on any atom is -0.365 e. The molecule has 2 amide bonds. The summed E-state index contributed by atoms with van der Waals surface area (Å²) in [5.74, 6) is -6.42. The predicted octanol–water partition coefficient (Wildman–Crippen LogP) is 6.02. The third-order valence-corrected chi connectivity index (χ3v) is 11.0. The molecule has 2 aliphatic rings. The van der Waals surface area contributed by atoms with Gasteiger partial charge < -0.3 is 10.6 Å². The maximum atomic E-state index is 15.0. The van der Waals surface area contributed by atoms with E-state index in [0.29, 0.717) is 18.2 Å². The van der Waals surface area contributed by atoms with Crippen LogP contribution in [-0.4, -0.2) is 50.1 Å². The van der Waals surface area contributed by atoms with Crippen LogP contribution in [0, 0.1) is 17.5 Å². The number of carbonyl (C=O) groups is 2. The van der Waals surface area contributed by atoms with Crippen molar-refractivity contribution in [3.05, 3.63) is 99.9 Å². The van der Waals surface area contributed by atoms with Gasteiger partial charge in [0.15, 0.2) is 9.84 Å². The van der Waals surface area contributed by atoms with E-state index in [-0.39, 0.29) is 23.3 Å². The Morgan fingerprint density at radius 2 is 1.41 bits per heavy atom. The predicted molar refractivity (Wildman–Crippen MR) is 139 cm³/mol. The molecule has 6 nitrogen and oxygen atoms in total. The lowest BCUT2D eigenvalue weighted by Gasteiger charge is -2.43. The van der Waals surface area contributed by atoms with Gasteiger partial charge in [-0.05, 0) is 66.8 Å². The van der Waals surface area contributed by atoms with Crippen molar-refractivity contribution < 1.29 is 61.9 Å². The van der Waals surface area contributed by atoms with Crippen molar-refractivity contribution in [3.8, 4) is 0 Å². The summed E-state index contributed by atoms with van der Waals surface area (Å²) >= 11 is 0. The summed E-state index contributed by atoms with van der Waals surface area (Å²) in [6.45, 7) is -0.440. The number of alkyl halides is 7. The molecule has 2 atom stereocenters. The van der Waals surface area contributed by atoms with E-state index in [1.165, 1.54) is 0 Å². The summed E-state index contributed by atoms with van der Waals surface area (Å²) < 4.78 is 165. The van der Waals surface area contributed by atoms with Gasteiger partial charge in [-0.15, -0.1) is 0 Å². The van der Waals surface area contributed by atoms with Gasteiger partial charge in [0.2, 0.25) is 0 Å². The summed E-state index contributed by atoms with van der Waals surface area (Å²) in [5.41, 5.74) is -5.21. The molecule has 0 radical (unpaired) electrons. The molecule has 5 rings (SSSR count). The molecule has 1 aliphatic heterocycles. The highest BCUT2D eigenvalue weighted by atomic mass is 32.2. The van der Waals surface area contributed by atoms with E-state index in [1.54, 1.807) is 0 Å². The summed E-state index contributed by atoms with van der Waals surface area (Å²) in [5, 5.41) is 0. The standard InChI is InChI=1S/C29H20F10N2O4S/c30-17-3-5-18(6-4-17)46(44,45)26-9-10-41(25(43)15-12-20(31)23(24(40)42)21(32)13-15)22(26)8-1-14-11-16(2-7-19(14)26)27(33,28(34,35)36)29(37,38)39/h2-7,11-13,22H,1,8-10H2,(H2,40,42)/t22-,26-/m1/s1. The Balaban J connectivity index is 1.70. The number of benzene rings is 3. The Bertz CT molecular complexity index is 1820. The van der Waals surface area contributed by atoms with Gasteiger partial charge in [-0.1, -0.05) is 18.2 Å². The number of halogens is 10. The van der Waals surface area contributed by atoms with E-state index in [4.69, 9.17) is 5.73 Å². The Labute approximate surface area is 253 Å². The molecule has 1 saturated heterocycles. The molecule has 17 heteroatoms. The van der Waals surface area contributed by atoms with E-state index in [1.807, 2.05) is 0 Å². The largest absolute Gasteiger partial charge is 0.435 e. The number of sulfone groups is 1. The van der Waals surface area contributed by atoms with Gasteiger partial charge in [0, 0.05) is 17.7 Å². The van der Waals surface area contributed by atoms with Gasteiger partial charge in [-0.2, -0.15) is 26.3 Å². The highest BCUT2D eigenvalue weighted by molar-refractivity contribution is 7.92. The van der Waals surface area contributed by atoms with E-state index in [2.05, 4.69) is 0 Å². The molecule has 46 heavy (non-hydrogen) atoms. The third-order valence-electron chi connectivity index (χ3n) is 8.47. The quantitative estimate of drug-likeness (QED) is 0.263. The van der Waals surface area contributed by atoms with Crippen molar-refractivity contribution in [3.63, 3.8) is 0 Å². The molecule has 1 heterocycles. The monoisotopic (exact) mass is 682 g/mol. The zero-order valence-corrected chi connectivity index (χ0v) is 23.8. The maximum absolute atomic E-state index is 15.0. The summed E-state index contributed by atoms with van der Waals surface area (Å²) in [6.07, 6.45) is -14.3. The molecule has 1 fully saturated rings. The Kier molecular flexibility index (Phi) is 7.73. The normalized spacial score (nSPS) is 20.3. The maximum Gasteiger partial charge on any atom is 0.435 e. The average molecular weight is 683 g/mol. The van der Waals surface area contributed by atoms with Crippen LogP contribution in [0.15, 0.2) is 59.5 Å². The van der Waals surface area contributed by atoms with Crippen molar-refractivity contribution in [2.24, 2.45) is 5.73 Å². The molecule has 0 spiro atoms. The zero-order valence-electron chi connectivity index (χ0n) is 22.9. The van der Waals surface area contributed by atoms with Crippen LogP contribution in [0.3, 0.4) is 0 Å². The summed E-state index contributed by atoms with van der Waals surface area (Å²) in [6, 6.07) is 3.98. The summed E-state index contributed by atoms with van der Waals surface area (Å²) in [4.78, 5) is 25.4. The molecular formula is C29H20F10N2O4S. The number of rotatable bonds is 5. The Morgan fingerprint density at radius 3 is 1.93 bits per heavy atom. The van der Waals surface area contributed by atoms with Crippen molar-refractivity contribution in [1.82, 2.24) is 4.90 Å². The van der Waals surface area contributed by atoms with Gasteiger partial charge >= 0.3 is 18.0 Å². The highest BCUT2D eigenvalue weighted by Gasteiger charge is 2.74. The fourth-order valence-corrected chi connectivity index (χ4v) is 8.76. The second-order valence-electron chi connectivity index (χ2n) is 10.9. The number of hydrogen-bond acceptors (Lipinski definition) is 4. The van der Waals surface area contributed by atoms with Crippen molar-refractivity contribution in [2.75, 3.05) is 6.54 Å². The van der Waals surface area contributed by atoms with Crippen molar-refractivity contribution >= 4 is 21.7 Å². The van der Waals surface area contributed by atoms with Crippen LogP contribution in [-0.2, 0) is 26.7 Å². The van der Waals surface area contributed by atoms with Gasteiger partial charge in [0.1, 0.15) is 27.8 Å². The topological polar surface area (TPSA) is 97.5 Å². The Morgan fingerprint density at radius 1 is 0.848 bits per heavy atom. The number of nitrogens with two attached hydrogens (primary N) is 1. The molecule has 246 valence electrons. The van der Waals surface area contributed by atoms with Crippen LogP contribution in [0.2, 0.25) is 0 Å². The number of fused-ring (bicyclic) bond motifs is 3. The molecule has 3 aromatic rings. The first-order valence-electron chi connectivity index (χ1n) is 13.2. The lowest BCUT2D eigenvalue weighted by molar-refractivity contribution is -0.348. The number of nitrogens with zero attached hydrogens (tertiary/aromatic N) is 1. The van der Waals surface area contributed by atoms with Crippen LogP contribution in [0.4, 0.5) is 43.9 Å². The Hall–Kier alpha value is -4.15. The van der Waals surface area contributed by atoms with Gasteiger partial charge in [-0.3, -0.25) is 9.59 Å². The van der Waals surface area contributed by atoms with Crippen LogP contribution in [0.5, 0.6) is 0 Å². The first-order chi connectivity index (χ1) is 21.2. The van der Waals surface area contributed by atoms with Crippen LogP contribution >= 0.6 is 0 Å². The smallest absolute Gasteiger partial charge is 0.365 e. The molecule has 1 aliphatic carbocycles. The zero-order chi connectivity index (χ0) is 34.2. The molecule has 0 saturated carbocycles. The number of carbonyl (C=O) groups excluding carboxylic acids is 2. The molecule has 0 aromatic heterocycles. The lowest BCUT2D eigenvalue weighted by atomic mass is 9.76. The second kappa shape index (κ2) is 10.7. The molecule has 2 N–H and O–H groups in total. The van der Waals surface area contributed by atoms with E-state index < -0.39 is 115 Å². The molecule has 0 unspecified atom stereocenters. The lowest BCUT2D eigenvalue weighted by Crippen LogP contribution is -2.53. The van der Waals surface area contributed by atoms with Crippen molar-refractivity contribution in [2.45, 2.75) is 53.0 Å². The van der Waals surface area contributed by atoms with E-state index in [0.717, 1.165) is 29.2 Å². The van der Waals surface area contributed by atoms with Gasteiger partial charge in [0.05, 0.1) is 10.9 Å². The highest BCUT2D eigenvalue weighted by Crippen LogP contribution is 2.56. The minimum absolute atomic E-state index is 0.169. The van der Waals surface area contributed by atoms with E-state index >= 15 is 0 Å². The minimum atomic E-state index is -6.44. The molecule has 3 aromatic carbocycles. The van der Waals surface area contributed by atoms with Gasteiger partial charge in [0.25, 0.3) is 11.8 Å². The van der Waals surface area contributed by atoms with Gasteiger partial charge in [-0.25, -0.2) is 26.0 Å². The number of likely N-dealkylation sites (tertiary alicyclic amines) is 1. The fourth-order valence-electron chi connectivity index (χ4n) is 6.39. The first-order valence-corrected chi connectivity index (χ1v) is 14.7. The van der Waals surface area contributed by atoms with Crippen LogP contribution in [0.25, 0.3) is 0 Å². The number of aryl methyl sites for hydroxylation is 1. The van der Waals surface area contributed by atoms with Crippen LogP contribution < -0.4 is 5.73 Å². The number of primary amides is 1. The summed E-state index contributed by atoms with van der Waals surface area (Å²) in [7, 11) is -4.79. The van der Waals surface area contributed by atoms with Crippen molar-refractivity contribution in [1.29, 1.82) is 0 Å². The average Bonchev–Trinajstić information content (AvgIpc) is 3.36. The molecule has 0 bridgehead atoms. The first kappa shape index (κ1) is 33.2. The second-order valence-corrected chi connectivity index (χ2v) is 13.1. The number of amides is 2. The number of hydrogen-bond donors (Lipinski definition) is 1.